The minimum absolute atomic E-state index is 0.467. The van der Waals surface area contributed by atoms with E-state index in [9.17, 15) is 0 Å². The lowest BCUT2D eigenvalue weighted by Crippen LogP contribution is -2.41. The Balaban J connectivity index is 2.24. The monoisotopic (exact) mass is 167 g/mol. The van der Waals surface area contributed by atoms with E-state index in [1.165, 1.54) is 32.2 Å². The van der Waals surface area contributed by atoms with Gasteiger partial charge in [-0.2, -0.15) is 0 Å². The molecule has 1 unspecified atom stereocenters. The van der Waals surface area contributed by atoms with Crippen LogP contribution in [0.3, 0.4) is 0 Å². The lowest BCUT2D eigenvalue weighted by atomic mass is 9.67. The van der Waals surface area contributed by atoms with Crippen molar-refractivity contribution in [3.05, 3.63) is 12.7 Å². The largest absolute Gasteiger partial charge is 0.310 e. The second kappa shape index (κ2) is 4.08. The van der Waals surface area contributed by atoms with E-state index in [2.05, 4.69) is 25.7 Å². The van der Waals surface area contributed by atoms with Crippen LogP contribution in [0.2, 0.25) is 0 Å². The highest BCUT2D eigenvalue weighted by atomic mass is 14.9. The van der Waals surface area contributed by atoms with Crippen LogP contribution < -0.4 is 5.32 Å². The van der Waals surface area contributed by atoms with E-state index in [0.29, 0.717) is 11.5 Å². The normalized spacial score (nSPS) is 22.8. The van der Waals surface area contributed by atoms with Crippen LogP contribution in [0, 0.1) is 5.41 Å². The van der Waals surface area contributed by atoms with Crippen LogP contribution in [0.25, 0.3) is 0 Å². The van der Waals surface area contributed by atoms with Gasteiger partial charge in [0.1, 0.15) is 0 Å². The van der Waals surface area contributed by atoms with Crippen LogP contribution in [-0.4, -0.2) is 12.6 Å². The molecule has 0 aromatic heterocycles. The average molecular weight is 167 g/mol. The van der Waals surface area contributed by atoms with Gasteiger partial charge in [0, 0.05) is 12.6 Å². The van der Waals surface area contributed by atoms with Crippen molar-refractivity contribution in [3.63, 3.8) is 0 Å². The molecule has 1 heteroatoms. The van der Waals surface area contributed by atoms with Gasteiger partial charge in [-0.1, -0.05) is 19.4 Å². The van der Waals surface area contributed by atoms with E-state index >= 15 is 0 Å². The minimum Gasteiger partial charge on any atom is -0.310 e. The molecule has 0 radical (unpaired) electrons. The Hall–Kier alpha value is -0.300. The lowest BCUT2D eigenvalue weighted by Gasteiger charge is -2.42. The molecule has 70 valence electrons. The molecular formula is C11H21N. The first-order valence-electron chi connectivity index (χ1n) is 5.08. The summed E-state index contributed by atoms with van der Waals surface area (Å²) in [5.74, 6) is 0. The van der Waals surface area contributed by atoms with E-state index in [0.717, 1.165) is 0 Å². The van der Waals surface area contributed by atoms with Crippen molar-refractivity contribution in [1.29, 1.82) is 0 Å². The van der Waals surface area contributed by atoms with E-state index in [4.69, 9.17) is 0 Å². The van der Waals surface area contributed by atoms with E-state index in [-0.39, 0.29) is 0 Å². The summed E-state index contributed by atoms with van der Waals surface area (Å²) in [5, 5.41) is 3.51. The Kier molecular flexibility index (Phi) is 3.33. The summed E-state index contributed by atoms with van der Waals surface area (Å²) in [4.78, 5) is 0. The predicted octanol–water partition coefficient (Wildman–Crippen LogP) is 2.73. The van der Waals surface area contributed by atoms with Gasteiger partial charge in [0.05, 0.1) is 0 Å². The zero-order chi connectivity index (χ0) is 9.03. The Morgan fingerprint density at radius 1 is 1.58 bits per heavy atom. The van der Waals surface area contributed by atoms with E-state index in [1.54, 1.807) is 0 Å². The van der Waals surface area contributed by atoms with Crippen molar-refractivity contribution >= 4 is 0 Å². The first kappa shape index (κ1) is 9.79. The Bertz CT molecular complexity index is 142. The maximum Gasteiger partial charge on any atom is 0.0219 e. The van der Waals surface area contributed by atoms with Crippen molar-refractivity contribution in [2.75, 3.05) is 6.54 Å². The number of hydrogen-bond donors (Lipinski definition) is 1. The molecule has 1 saturated carbocycles. The van der Waals surface area contributed by atoms with Crippen molar-refractivity contribution in [1.82, 2.24) is 5.32 Å². The van der Waals surface area contributed by atoms with Crippen molar-refractivity contribution in [3.8, 4) is 0 Å². The van der Waals surface area contributed by atoms with Crippen LogP contribution in [0.15, 0.2) is 12.7 Å². The summed E-state index contributed by atoms with van der Waals surface area (Å²) in [6.07, 6.45) is 7.56. The molecule has 0 heterocycles. The molecule has 0 aliphatic heterocycles. The van der Waals surface area contributed by atoms with Crippen molar-refractivity contribution < 1.29 is 0 Å². The maximum atomic E-state index is 3.77. The maximum absolute atomic E-state index is 3.77. The van der Waals surface area contributed by atoms with Gasteiger partial charge in [-0.3, -0.25) is 0 Å². The molecule has 1 aliphatic carbocycles. The summed E-state index contributed by atoms with van der Waals surface area (Å²) >= 11 is 0. The van der Waals surface area contributed by atoms with Crippen LogP contribution in [0.4, 0.5) is 0 Å². The van der Waals surface area contributed by atoms with Crippen LogP contribution in [-0.2, 0) is 0 Å². The smallest absolute Gasteiger partial charge is 0.0219 e. The fraction of sp³-hybridized carbons (Fsp3) is 0.818. The summed E-state index contributed by atoms with van der Waals surface area (Å²) in [6, 6.07) is 0.467. The summed E-state index contributed by atoms with van der Waals surface area (Å²) in [7, 11) is 0. The molecule has 0 amide bonds. The fourth-order valence-electron chi connectivity index (χ4n) is 1.79. The second-order valence-corrected chi connectivity index (χ2v) is 4.11. The zero-order valence-corrected chi connectivity index (χ0v) is 8.40. The van der Waals surface area contributed by atoms with Gasteiger partial charge in [0.15, 0.2) is 0 Å². The quantitative estimate of drug-likeness (QED) is 0.621. The van der Waals surface area contributed by atoms with Gasteiger partial charge in [0.25, 0.3) is 0 Å². The topological polar surface area (TPSA) is 12.0 Å². The molecular weight excluding hydrogens is 146 g/mol. The van der Waals surface area contributed by atoms with Crippen LogP contribution in [0.1, 0.15) is 39.5 Å². The summed E-state index contributed by atoms with van der Waals surface area (Å²) in [6.45, 7) is 9.41. The number of nitrogens with one attached hydrogen (secondary N) is 1. The molecule has 1 rings (SSSR count). The molecule has 12 heavy (non-hydrogen) atoms. The Labute approximate surface area is 76.2 Å². The molecule has 0 aromatic rings. The standard InChI is InChI=1S/C11H21N/c1-4-10(3)12-9-11(5-2)7-6-8-11/h4,10,12H,1,5-9H2,2-3H3. The number of hydrogen-bond acceptors (Lipinski definition) is 1. The molecule has 1 atom stereocenters. The third kappa shape index (κ3) is 2.10. The molecule has 0 aromatic carbocycles. The fourth-order valence-corrected chi connectivity index (χ4v) is 1.79. The lowest BCUT2D eigenvalue weighted by molar-refractivity contribution is 0.122. The third-order valence-electron chi connectivity index (χ3n) is 3.32. The Morgan fingerprint density at radius 2 is 2.25 bits per heavy atom. The van der Waals surface area contributed by atoms with Gasteiger partial charge in [0.2, 0.25) is 0 Å². The van der Waals surface area contributed by atoms with E-state index in [1.807, 2.05) is 6.08 Å². The zero-order valence-electron chi connectivity index (χ0n) is 8.40. The molecule has 1 fully saturated rings. The summed E-state index contributed by atoms with van der Waals surface area (Å²) < 4.78 is 0. The summed E-state index contributed by atoms with van der Waals surface area (Å²) in [5.41, 5.74) is 0.636. The van der Waals surface area contributed by atoms with Crippen molar-refractivity contribution in [2.24, 2.45) is 5.41 Å². The van der Waals surface area contributed by atoms with Crippen LogP contribution >= 0.6 is 0 Å². The molecule has 1 nitrogen and oxygen atoms in total. The molecule has 0 spiro atoms. The molecule has 0 bridgehead atoms. The van der Waals surface area contributed by atoms with Gasteiger partial charge >= 0.3 is 0 Å². The van der Waals surface area contributed by atoms with E-state index < -0.39 is 0 Å². The first-order valence-corrected chi connectivity index (χ1v) is 5.08. The van der Waals surface area contributed by atoms with Gasteiger partial charge in [-0.25, -0.2) is 0 Å². The molecule has 1 aliphatic rings. The van der Waals surface area contributed by atoms with Crippen molar-refractivity contribution in [2.45, 2.75) is 45.6 Å². The van der Waals surface area contributed by atoms with Crippen LogP contribution in [0.5, 0.6) is 0 Å². The first-order chi connectivity index (χ1) is 5.72. The third-order valence-corrected chi connectivity index (χ3v) is 3.32. The average Bonchev–Trinajstić information content (AvgIpc) is 2.03. The second-order valence-electron chi connectivity index (χ2n) is 4.11. The molecule has 0 saturated heterocycles. The predicted molar refractivity (Wildman–Crippen MR) is 54.2 cm³/mol. The minimum atomic E-state index is 0.467. The highest BCUT2D eigenvalue weighted by Gasteiger charge is 2.34. The van der Waals surface area contributed by atoms with Gasteiger partial charge in [-0.15, -0.1) is 6.58 Å². The SMILES string of the molecule is C=CC(C)NCC1(CC)CCC1. The highest BCUT2D eigenvalue weighted by molar-refractivity contribution is 4.91. The number of rotatable bonds is 5. The highest BCUT2D eigenvalue weighted by Crippen LogP contribution is 2.43. The van der Waals surface area contributed by atoms with Gasteiger partial charge < -0.3 is 5.32 Å². The molecule has 1 N–H and O–H groups in total. The Morgan fingerprint density at radius 3 is 2.58 bits per heavy atom. The van der Waals surface area contributed by atoms with Gasteiger partial charge in [-0.05, 0) is 31.6 Å².